The van der Waals surface area contributed by atoms with Crippen LogP contribution in [0.25, 0.3) is 22.3 Å². The second-order valence-corrected chi connectivity index (χ2v) is 6.21. The highest BCUT2D eigenvalue weighted by Crippen LogP contribution is 2.27. The fourth-order valence-corrected chi connectivity index (χ4v) is 3.00. The third-order valence-electron chi connectivity index (χ3n) is 4.41. The number of rotatable bonds is 5. The molecule has 0 amide bonds. The maximum atomic E-state index is 14.4. The number of hydrogen-bond acceptors (Lipinski definition) is 2. The minimum atomic E-state index is -0.353. The molecule has 0 heterocycles. The van der Waals surface area contributed by atoms with Crippen LogP contribution in [0.15, 0.2) is 66.7 Å². The molecule has 0 saturated carbocycles. The Hall–Kier alpha value is -2.94. The summed E-state index contributed by atoms with van der Waals surface area (Å²) in [7, 11) is 1.36. The standard InChI is InChI=1S/C23H21FO2/c1-3-4-16-5-14-21(22(24)15-16)19-10-6-17(7-11-19)18-8-12-20(13-9-18)23(25)26-2/h5-15H,3-4H2,1-2H3. The molecule has 3 aromatic rings. The van der Waals surface area contributed by atoms with Gasteiger partial charge in [0.05, 0.1) is 12.7 Å². The van der Waals surface area contributed by atoms with Gasteiger partial charge in [-0.2, -0.15) is 0 Å². The predicted molar refractivity (Wildman–Crippen MR) is 103 cm³/mol. The Morgan fingerprint density at radius 3 is 2.00 bits per heavy atom. The van der Waals surface area contributed by atoms with Crippen molar-refractivity contribution in [3.8, 4) is 22.3 Å². The smallest absolute Gasteiger partial charge is 0.337 e. The number of halogens is 1. The summed E-state index contributed by atoms with van der Waals surface area (Å²) in [5.41, 5.74) is 4.99. The highest BCUT2D eigenvalue weighted by molar-refractivity contribution is 5.90. The molecule has 0 spiro atoms. The first-order chi connectivity index (χ1) is 12.6. The topological polar surface area (TPSA) is 26.3 Å². The first-order valence-electron chi connectivity index (χ1n) is 8.70. The van der Waals surface area contributed by atoms with Gasteiger partial charge in [0.25, 0.3) is 0 Å². The average molecular weight is 348 g/mol. The lowest BCUT2D eigenvalue weighted by atomic mass is 9.98. The molecule has 0 radical (unpaired) electrons. The predicted octanol–water partition coefficient (Wildman–Crippen LogP) is 5.90. The SMILES string of the molecule is CCCc1ccc(-c2ccc(-c3ccc(C(=O)OC)cc3)cc2)c(F)c1. The summed E-state index contributed by atoms with van der Waals surface area (Å²) in [6.45, 7) is 2.09. The van der Waals surface area contributed by atoms with Gasteiger partial charge >= 0.3 is 5.97 Å². The molecule has 0 N–H and O–H groups in total. The Labute approximate surface area is 153 Å². The van der Waals surface area contributed by atoms with Gasteiger partial charge in [-0.25, -0.2) is 9.18 Å². The molecule has 0 unspecified atom stereocenters. The summed E-state index contributed by atoms with van der Waals surface area (Å²) in [6, 6.07) is 20.4. The van der Waals surface area contributed by atoms with E-state index in [1.165, 1.54) is 7.11 Å². The van der Waals surface area contributed by atoms with Gasteiger partial charge in [-0.15, -0.1) is 0 Å². The number of methoxy groups -OCH3 is 1. The monoisotopic (exact) mass is 348 g/mol. The van der Waals surface area contributed by atoms with Crippen molar-refractivity contribution in [2.24, 2.45) is 0 Å². The number of benzene rings is 3. The van der Waals surface area contributed by atoms with Crippen LogP contribution in [0.1, 0.15) is 29.3 Å². The lowest BCUT2D eigenvalue weighted by Gasteiger charge is -2.08. The highest BCUT2D eigenvalue weighted by atomic mass is 19.1. The lowest BCUT2D eigenvalue weighted by molar-refractivity contribution is 0.0601. The summed E-state index contributed by atoms with van der Waals surface area (Å²) in [5, 5.41) is 0. The quantitative estimate of drug-likeness (QED) is 0.537. The average Bonchev–Trinajstić information content (AvgIpc) is 2.68. The summed E-state index contributed by atoms with van der Waals surface area (Å²) in [6.07, 6.45) is 1.89. The molecule has 0 aliphatic heterocycles. The lowest BCUT2D eigenvalue weighted by Crippen LogP contribution is -2.00. The fourth-order valence-electron chi connectivity index (χ4n) is 3.00. The molecule has 0 saturated heterocycles. The van der Waals surface area contributed by atoms with Crippen LogP contribution in [-0.4, -0.2) is 13.1 Å². The number of aryl methyl sites for hydroxylation is 1. The Bertz CT molecular complexity index is 896. The second-order valence-electron chi connectivity index (χ2n) is 6.21. The molecule has 26 heavy (non-hydrogen) atoms. The fraction of sp³-hybridized carbons (Fsp3) is 0.174. The van der Waals surface area contributed by atoms with Crippen LogP contribution >= 0.6 is 0 Å². The maximum Gasteiger partial charge on any atom is 0.337 e. The summed E-state index contributed by atoms with van der Waals surface area (Å²) in [5.74, 6) is -0.542. The van der Waals surface area contributed by atoms with Crippen molar-refractivity contribution in [2.75, 3.05) is 7.11 Å². The van der Waals surface area contributed by atoms with Crippen LogP contribution in [0.3, 0.4) is 0 Å². The summed E-state index contributed by atoms with van der Waals surface area (Å²) in [4.78, 5) is 11.5. The number of ether oxygens (including phenoxy) is 1. The maximum absolute atomic E-state index is 14.4. The van der Waals surface area contributed by atoms with Gasteiger partial charge in [0.15, 0.2) is 0 Å². The van der Waals surface area contributed by atoms with Gasteiger partial charge in [-0.1, -0.05) is 61.9 Å². The molecule has 132 valence electrons. The minimum Gasteiger partial charge on any atom is -0.465 e. The van der Waals surface area contributed by atoms with Crippen LogP contribution in [0.5, 0.6) is 0 Å². The Kier molecular flexibility index (Phi) is 5.47. The molecule has 0 aliphatic rings. The van der Waals surface area contributed by atoms with Crippen molar-refractivity contribution in [1.29, 1.82) is 0 Å². The van der Waals surface area contributed by atoms with E-state index >= 15 is 0 Å². The van der Waals surface area contributed by atoms with E-state index < -0.39 is 0 Å². The number of hydrogen-bond donors (Lipinski definition) is 0. The van der Waals surface area contributed by atoms with Gasteiger partial charge in [-0.05, 0) is 46.9 Å². The zero-order valence-corrected chi connectivity index (χ0v) is 15.0. The molecule has 0 atom stereocenters. The number of carbonyl (C=O) groups is 1. The molecule has 2 nitrogen and oxygen atoms in total. The van der Waals surface area contributed by atoms with E-state index in [4.69, 9.17) is 4.74 Å². The molecule has 0 bridgehead atoms. The van der Waals surface area contributed by atoms with Crippen molar-refractivity contribution >= 4 is 5.97 Å². The van der Waals surface area contributed by atoms with E-state index in [2.05, 4.69) is 6.92 Å². The third kappa shape index (κ3) is 3.83. The van der Waals surface area contributed by atoms with Gasteiger partial charge < -0.3 is 4.74 Å². The van der Waals surface area contributed by atoms with Crippen molar-refractivity contribution < 1.29 is 13.9 Å². The van der Waals surface area contributed by atoms with Crippen molar-refractivity contribution in [3.05, 3.63) is 83.7 Å². The van der Waals surface area contributed by atoms with Crippen LogP contribution < -0.4 is 0 Å². The van der Waals surface area contributed by atoms with E-state index in [-0.39, 0.29) is 11.8 Å². The Morgan fingerprint density at radius 1 is 0.885 bits per heavy atom. The van der Waals surface area contributed by atoms with Crippen molar-refractivity contribution in [2.45, 2.75) is 19.8 Å². The molecule has 0 aliphatic carbocycles. The zero-order chi connectivity index (χ0) is 18.5. The number of esters is 1. The Morgan fingerprint density at radius 2 is 1.46 bits per heavy atom. The van der Waals surface area contributed by atoms with Crippen LogP contribution in [0, 0.1) is 5.82 Å². The summed E-state index contributed by atoms with van der Waals surface area (Å²) >= 11 is 0. The largest absolute Gasteiger partial charge is 0.465 e. The minimum absolute atomic E-state index is 0.189. The van der Waals surface area contributed by atoms with E-state index in [9.17, 15) is 9.18 Å². The zero-order valence-electron chi connectivity index (χ0n) is 15.0. The molecule has 3 aromatic carbocycles. The van der Waals surface area contributed by atoms with Gasteiger partial charge in [-0.3, -0.25) is 0 Å². The summed E-state index contributed by atoms with van der Waals surface area (Å²) < 4.78 is 19.1. The molecular formula is C23H21FO2. The van der Waals surface area contributed by atoms with Gasteiger partial charge in [0, 0.05) is 5.56 Å². The molecule has 3 heteroatoms. The van der Waals surface area contributed by atoms with E-state index in [0.29, 0.717) is 11.1 Å². The molecule has 0 aromatic heterocycles. The van der Waals surface area contributed by atoms with Gasteiger partial charge in [0.2, 0.25) is 0 Å². The highest BCUT2D eigenvalue weighted by Gasteiger charge is 2.08. The molecular weight excluding hydrogens is 327 g/mol. The van der Waals surface area contributed by atoms with Crippen LogP contribution in [-0.2, 0) is 11.2 Å². The van der Waals surface area contributed by atoms with E-state index in [1.54, 1.807) is 18.2 Å². The van der Waals surface area contributed by atoms with Crippen LogP contribution in [0.4, 0.5) is 4.39 Å². The van der Waals surface area contributed by atoms with Crippen molar-refractivity contribution in [3.63, 3.8) is 0 Å². The van der Waals surface area contributed by atoms with Crippen LogP contribution in [0.2, 0.25) is 0 Å². The normalized spacial score (nSPS) is 10.6. The third-order valence-corrected chi connectivity index (χ3v) is 4.41. The van der Waals surface area contributed by atoms with E-state index in [0.717, 1.165) is 35.1 Å². The molecule has 0 fully saturated rings. The first-order valence-corrected chi connectivity index (χ1v) is 8.70. The second kappa shape index (κ2) is 7.96. The first kappa shape index (κ1) is 17.9. The Balaban J connectivity index is 1.83. The van der Waals surface area contributed by atoms with E-state index in [1.807, 2.05) is 48.5 Å². The van der Waals surface area contributed by atoms with Gasteiger partial charge in [0.1, 0.15) is 5.82 Å². The van der Waals surface area contributed by atoms with Crippen molar-refractivity contribution in [1.82, 2.24) is 0 Å². The molecule has 3 rings (SSSR count). The number of carbonyl (C=O) groups excluding carboxylic acids is 1.